The second kappa shape index (κ2) is 5.67. The van der Waals surface area contributed by atoms with Crippen LogP contribution in [0, 0.1) is 0 Å². The molecule has 4 nitrogen and oxygen atoms in total. The zero-order valence-corrected chi connectivity index (χ0v) is 10.5. The molecule has 96 valence electrons. The Hall–Kier alpha value is -1.84. The molecule has 1 heterocycles. The maximum atomic E-state index is 11.6. The maximum Gasteiger partial charge on any atom is 0.229 e. The molecule has 1 aliphatic heterocycles. The monoisotopic (exact) mass is 247 g/mol. The highest BCUT2D eigenvalue weighted by molar-refractivity contribution is 5.97. The first-order chi connectivity index (χ1) is 8.70. The molecule has 1 fully saturated rings. The number of benzene rings is 1. The number of methoxy groups -OCH3 is 1. The van der Waals surface area contributed by atoms with Crippen LogP contribution in [0.25, 0.3) is 0 Å². The molecule has 4 heteroatoms. The van der Waals surface area contributed by atoms with Gasteiger partial charge < -0.3 is 4.74 Å². The average Bonchev–Trinajstić information content (AvgIpc) is 2.39. The van der Waals surface area contributed by atoms with Crippen LogP contribution in [-0.2, 0) is 16.0 Å². The van der Waals surface area contributed by atoms with E-state index in [1.807, 2.05) is 24.3 Å². The third kappa shape index (κ3) is 2.88. The summed E-state index contributed by atoms with van der Waals surface area (Å²) in [7, 11) is 1.63. The molecule has 1 aromatic rings. The van der Waals surface area contributed by atoms with Crippen molar-refractivity contribution in [1.82, 2.24) is 4.90 Å². The number of imide groups is 1. The Kier molecular flexibility index (Phi) is 3.97. The molecule has 0 atom stereocenters. The van der Waals surface area contributed by atoms with Crippen LogP contribution in [0.15, 0.2) is 24.3 Å². The summed E-state index contributed by atoms with van der Waals surface area (Å²) >= 11 is 0. The third-order valence-electron chi connectivity index (χ3n) is 3.17. The number of likely N-dealkylation sites (tertiary alicyclic amines) is 1. The summed E-state index contributed by atoms with van der Waals surface area (Å²) in [6, 6.07) is 7.68. The lowest BCUT2D eigenvalue weighted by molar-refractivity contribution is -0.147. The lowest BCUT2D eigenvalue weighted by atomic mass is 10.1. The molecule has 18 heavy (non-hydrogen) atoms. The molecule has 0 bridgehead atoms. The van der Waals surface area contributed by atoms with Gasteiger partial charge in [0, 0.05) is 19.4 Å². The smallest absolute Gasteiger partial charge is 0.229 e. The summed E-state index contributed by atoms with van der Waals surface area (Å²) in [5, 5.41) is 0. The van der Waals surface area contributed by atoms with Gasteiger partial charge in [-0.2, -0.15) is 0 Å². The number of carbonyl (C=O) groups excluding carboxylic acids is 2. The van der Waals surface area contributed by atoms with Gasteiger partial charge in [0.1, 0.15) is 5.75 Å². The topological polar surface area (TPSA) is 46.6 Å². The van der Waals surface area contributed by atoms with Crippen molar-refractivity contribution in [3.63, 3.8) is 0 Å². The lowest BCUT2D eigenvalue weighted by Crippen LogP contribution is -2.41. The van der Waals surface area contributed by atoms with Crippen LogP contribution in [0.2, 0.25) is 0 Å². The first-order valence-corrected chi connectivity index (χ1v) is 6.17. The number of hydrogen-bond donors (Lipinski definition) is 0. The van der Waals surface area contributed by atoms with Gasteiger partial charge in [0.2, 0.25) is 11.8 Å². The molecule has 1 saturated heterocycles. The fraction of sp³-hybridized carbons (Fsp3) is 0.429. The number of ether oxygens (including phenoxy) is 1. The second-order valence-electron chi connectivity index (χ2n) is 4.39. The van der Waals surface area contributed by atoms with Gasteiger partial charge in [0.05, 0.1) is 7.11 Å². The van der Waals surface area contributed by atoms with Gasteiger partial charge in [0.25, 0.3) is 0 Å². The molecule has 0 saturated carbocycles. The standard InChI is InChI=1S/C14H17NO3/c1-18-12-7-5-11(6-8-12)9-10-15-13(16)3-2-4-14(15)17/h5-8H,2-4,9-10H2,1H3. The van der Waals surface area contributed by atoms with E-state index >= 15 is 0 Å². The minimum Gasteiger partial charge on any atom is -0.497 e. The molecular formula is C14H17NO3. The summed E-state index contributed by atoms with van der Waals surface area (Å²) in [4.78, 5) is 24.6. The van der Waals surface area contributed by atoms with Crippen LogP contribution in [0.3, 0.4) is 0 Å². The van der Waals surface area contributed by atoms with Crippen molar-refractivity contribution in [1.29, 1.82) is 0 Å². The van der Waals surface area contributed by atoms with Crippen LogP contribution >= 0.6 is 0 Å². The van der Waals surface area contributed by atoms with E-state index in [9.17, 15) is 9.59 Å². The van der Waals surface area contributed by atoms with Crippen molar-refractivity contribution in [2.75, 3.05) is 13.7 Å². The summed E-state index contributed by atoms with van der Waals surface area (Å²) in [6.45, 7) is 0.476. The molecule has 1 aromatic carbocycles. The van der Waals surface area contributed by atoms with Gasteiger partial charge in [-0.25, -0.2) is 0 Å². The zero-order valence-electron chi connectivity index (χ0n) is 10.5. The van der Waals surface area contributed by atoms with E-state index in [0.29, 0.717) is 32.2 Å². The fourth-order valence-corrected chi connectivity index (χ4v) is 2.08. The Balaban J connectivity index is 1.93. The maximum absolute atomic E-state index is 11.6. The number of hydrogen-bond acceptors (Lipinski definition) is 3. The van der Waals surface area contributed by atoms with Crippen molar-refractivity contribution in [3.8, 4) is 5.75 Å². The van der Waals surface area contributed by atoms with E-state index in [1.165, 1.54) is 4.90 Å². The number of piperidine rings is 1. The highest BCUT2D eigenvalue weighted by Crippen LogP contribution is 2.15. The van der Waals surface area contributed by atoms with Crippen LogP contribution < -0.4 is 4.74 Å². The van der Waals surface area contributed by atoms with Gasteiger partial charge in [-0.1, -0.05) is 12.1 Å². The van der Waals surface area contributed by atoms with Crippen LogP contribution in [-0.4, -0.2) is 30.4 Å². The highest BCUT2D eigenvalue weighted by Gasteiger charge is 2.25. The summed E-state index contributed by atoms with van der Waals surface area (Å²) in [6.07, 6.45) is 2.38. The van der Waals surface area contributed by atoms with Crippen molar-refractivity contribution < 1.29 is 14.3 Å². The lowest BCUT2D eigenvalue weighted by Gasteiger charge is -2.24. The second-order valence-corrected chi connectivity index (χ2v) is 4.39. The molecule has 0 unspecified atom stereocenters. The summed E-state index contributed by atoms with van der Waals surface area (Å²) in [5.41, 5.74) is 1.10. The number of amides is 2. The predicted octanol–water partition coefficient (Wildman–Crippen LogP) is 1.78. The Morgan fingerprint density at radius 3 is 2.28 bits per heavy atom. The Bertz CT molecular complexity index is 423. The Labute approximate surface area is 107 Å². The first-order valence-electron chi connectivity index (χ1n) is 6.17. The Morgan fingerprint density at radius 1 is 1.11 bits per heavy atom. The molecule has 1 aliphatic rings. The number of nitrogens with zero attached hydrogens (tertiary/aromatic N) is 1. The molecular weight excluding hydrogens is 230 g/mol. The zero-order chi connectivity index (χ0) is 13.0. The largest absolute Gasteiger partial charge is 0.497 e. The SMILES string of the molecule is COc1ccc(CCN2C(=O)CCCC2=O)cc1. The van der Waals surface area contributed by atoms with Gasteiger partial charge in [-0.3, -0.25) is 14.5 Å². The Morgan fingerprint density at radius 2 is 1.72 bits per heavy atom. The highest BCUT2D eigenvalue weighted by atomic mass is 16.5. The van der Waals surface area contributed by atoms with E-state index in [1.54, 1.807) is 7.11 Å². The van der Waals surface area contributed by atoms with Gasteiger partial charge in [-0.05, 0) is 30.5 Å². The summed E-state index contributed by atoms with van der Waals surface area (Å²) < 4.78 is 5.08. The predicted molar refractivity (Wildman–Crippen MR) is 67.3 cm³/mol. The van der Waals surface area contributed by atoms with Crippen LogP contribution in [0.4, 0.5) is 0 Å². The van der Waals surface area contributed by atoms with E-state index < -0.39 is 0 Å². The molecule has 0 aromatic heterocycles. The van der Waals surface area contributed by atoms with E-state index in [4.69, 9.17) is 4.74 Å². The van der Waals surface area contributed by atoms with Gasteiger partial charge in [0.15, 0.2) is 0 Å². The van der Waals surface area contributed by atoms with E-state index in [0.717, 1.165) is 11.3 Å². The van der Waals surface area contributed by atoms with Crippen molar-refractivity contribution in [2.45, 2.75) is 25.7 Å². The van der Waals surface area contributed by atoms with Crippen LogP contribution in [0.1, 0.15) is 24.8 Å². The first kappa shape index (κ1) is 12.6. The molecule has 2 rings (SSSR count). The minimum atomic E-state index is -0.0419. The molecule has 2 amide bonds. The molecule has 0 radical (unpaired) electrons. The van der Waals surface area contributed by atoms with E-state index in [-0.39, 0.29) is 11.8 Å². The van der Waals surface area contributed by atoms with Crippen LogP contribution in [0.5, 0.6) is 5.75 Å². The molecule has 0 aliphatic carbocycles. The normalized spacial score (nSPS) is 15.9. The van der Waals surface area contributed by atoms with Crippen molar-refractivity contribution in [3.05, 3.63) is 29.8 Å². The minimum absolute atomic E-state index is 0.0419. The van der Waals surface area contributed by atoms with Gasteiger partial charge in [-0.15, -0.1) is 0 Å². The molecule has 0 spiro atoms. The quantitative estimate of drug-likeness (QED) is 0.762. The molecule has 0 N–H and O–H groups in total. The van der Waals surface area contributed by atoms with E-state index in [2.05, 4.69) is 0 Å². The van der Waals surface area contributed by atoms with Crippen molar-refractivity contribution >= 4 is 11.8 Å². The van der Waals surface area contributed by atoms with Crippen molar-refractivity contribution in [2.24, 2.45) is 0 Å². The van der Waals surface area contributed by atoms with Gasteiger partial charge >= 0.3 is 0 Å². The fourth-order valence-electron chi connectivity index (χ4n) is 2.08. The third-order valence-corrected chi connectivity index (χ3v) is 3.17. The summed E-state index contributed by atoms with van der Waals surface area (Å²) in [5.74, 6) is 0.725. The average molecular weight is 247 g/mol. The number of rotatable bonds is 4. The number of carbonyl (C=O) groups is 2.